The minimum Gasteiger partial charge on any atom is -0.456 e. The molecule has 2 N–H and O–H groups in total. The SMILES string of the molecule is OC(Cc1ccc(Cl)cc1F)(C[n+]1cn(-c2nc(C(O)(Cc3ccc(Cl)cc3F)c3cncnc3)ccc2Oc2ccc(Cl)cc2)nn1)c1ccc(Oc2ccc(Cl)cc2)cn1. The van der Waals surface area contributed by atoms with Gasteiger partial charge in [0, 0.05) is 50.9 Å². The predicted octanol–water partition coefficient (Wildman–Crippen LogP) is 9.22. The molecule has 0 aliphatic carbocycles. The molecule has 0 saturated heterocycles. The van der Waals surface area contributed by atoms with Gasteiger partial charge in [-0.25, -0.2) is 23.7 Å². The molecule has 0 aliphatic rings. The smallest absolute Gasteiger partial charge is 0.277 e. The predicted molar refractivity (Wildman–Crippen MR) is 226 cm³/mol. The van der Waals surface area contributed by atoms with E-state index in [1.807, 2.05) is 0 Å². The third kappa shape index (κ3) is 9.66. The largest absolute Gasteiger partial charge is 0.456 e. The number of hydrogen-bond acceptors (Lipinski definition) is 10. The van der Waals surface area contributed by atoms with E-state index in [1.54, 1.807) is 66.7 Å². The number of rotatable bonds is 14. The molecule has 0 amide bonds. The van der Waals surface area contributed by atoms with Crippen LogP contribution in [0.1, 0.15) is 28.1 Å². The third-order valence-electron chi connectivity index (χ3n) is 9.70. The Kier molecular flexibility index (Phi) is 12.4. The average Bonchev–Trinajstić information content (AvgIpc) is 3.73. The van der Waals surface area contributed by atoms with Gasteiger partial charge in [-0.05, 0) is 113 Å². The maximum absolute atomic E-state index is 15.3. The van der Waals surface area contributed by atoms with Gasteiger partial charge in [-0.15, -0.1) is 4.68 Å². The standard InChI is InChI=1S/C44H31Cl4F2N8O4/c45-30-5-9-34(10-6-30)61-36-13-15-40(53-23-36)43(59,19-27-1-3-32(47)17-37(27)49)24-57-26-58(56-55-57)42-39(62-35-11-7-31(46)8-12-35)14-16-41(54-42)44(60,29-21-51-25-52-22-29)20-28-2-4-33(48)18-38(28)50/h1-18,21-23,25-26,59-60H,19-20,24H2/q+1. The molecule has 0 fully saturated rings. The highest BCUT2D eigenvalue weighted by molar-refractivity contribution is 6.31. The Bertz CT molecular complexity index is 2850. The molecule has 12 nitrogen and oxygen atoms in total. The number of benzene rings is 4. The Morgan fingerprint density at radius 2 is 1.19 bits per heavy atom. The van der Waals surface area contributed by atoms with Crippen LogP contribution >= 0.6 is 46.4 Å². The fourth-order valence-corrected chi connectivity index (χ4v) is 7.17. The molecule has 8 aromatic rings. The van der Waals surface area contributed by atoms with E-state index in [1.165, 1.54) is 70.9 Å². The van der Waals surface area contributed by atoms with Crippen LogP contribution < -0.4 is 14.2 Å². The van der Waals surface area contributed by atoms with Crippen molar-refractivity contribution in [2.24, 2.45) is 0 Å². The van der Waals surface area contributed by atoms with E-state index in [0.717, 1.165) is 12.1 Å². The summed E-state index contributed by atoms with van der Waals surface area (Å²) in [4.78, 5) is 17.5. The first-order valence-corrected chi connectivity index (χ1v) is 20.1. The molecule has 2 atom stereocenters. The number of pyridine rings is 2. The topological polar surface area (TPSA) is 145 Å². The Morgan fingerprint density at radius 3 is 1.79 bits per heavy atom. The van der Waals surface area contributed by atoms with Gasteiger partial charge in [0.1, 0.15) is 58.2 Å². The van der Waals surface area contributed by atoms with Gasteiger partial charge >= 0.3 is 0 Å². The van der Waals surface area contributed by atoms with Crippen LogP contribution in [0.5, 0.6) is 23.0 Å². The highest BCUT2D eigenvalue weighted by atomic mass is 35.5. The summed E-state index contributed by atoms with van der Waals surface area (Å²) in [6, 6.07) is 27.9. The van der Waals surface area contributed by atoms with Gasteiger partial charge < -0.3 is 19.7 Å². The van der Waals surface area contributed by atoms with Gasteiger partial charge in [0.25, 0.3) is 12.1 Å². The van der Waals surface area contributed by atoms with Crippen molar-refractivity contribution >= 4 is 46.4 Å². The van der Waals surface area contributed by atoms with Crippen LogP contribution in [0.3, 0.4) is 0 Å². The summed E-state index contributed by atoms with van der Waals surface area (Å²) < 4.78 is 45.3. The highest BCUT2D eigenvalue weighted by Crippen LogP contribution is 2.37. The molecular formula is C44H31Cl4F2N8O4+. The third-order valence-corrected chi connectivity index (χ3v) is 10.7. The normalized spacial score (nSPS) is 13.3. The Hall–Kier alpha value is -6.13. The van der Waals surface area contributed by atoms with Crippen molar-refractivity contribution in [2.75, 3.05) is 0 Å². The average molecular weight is 916 g/mol. The van der Waals surface area contributed by atoms with Crippen molar-refractivity contribution in [1.29, 1.82) is 0 Å². The fraction of sp³-hybridized carbons (Fsp3) is 0.114. The van der Waals surface area contributed by atoms with E-state index in [4.69, 9.17) is 60.9 Å². The minimum atomic E-state index is -2.00. The Morgan fingerprint density at radius 1 is 0.629 bits per heavy atom. The van der Waals surface area contributed by atoms with Crippen LogP contribution in [0.25, 0.3) is 5.82 Å². The lowest BCUT2D eigenvalue weighted by Crippen LogP contribution is -2.49. The quantitative estimate of drug-likeness (QED) is 0.101. The summed E-state index contributed by atoms with van der Waals surface area (Å²) in [5.74, 6) is 0.193. The van der Waals surface area contributed by atoms with Crippen molar-refractivity contribution in [3.05, 3.63) is 200 Å². The van der Waals surface area contributed by atoms with E-state index < -0.39 is 22.8 Å². The summed E-state index contributed by atoms with van der Waals surface area (Å²) in [6.07, 6.45) is 6.40. The first-order valence-electron chi connectivity index (χ1n) is 18.6. The zero-order valence-electron chi connectivity index (χ0n) is 32.0. The van der Waals surface area contributed by atoms with Crippen molar-refractivity contribution in [3.63, 3.8) is 0 Å². The van der Waals surface area contributed by atoms with Crippen LogP contribution in [-0.2, 0) is 30.6 Å². The number of ether oxygens (including phenoxy) is 2. The molecule has 0 bridgehead atoms. The summed E-state index contributed by atoms with van der Waals surface area (Å²) in [7, 11) is 0. The molecule has 18 heteroatoms. The second-order valence-corrected chi connectivity index (χ2v) is 15.8. The number of hydrogen-bond donors (Lipinski definition) is 2. The zero-order chi connectivity index (χ0) is 43.4. The van der Waals surface area contributed by atoms with Gasteiger partial charge in [0.05, 0.1) is 17.6 Å². The molecule has 0 radical (unpaired) electrons. The second-order valence-electron chi connectivity index (χ2n) is 14.1. The summed E-state index contributed by atoms with van der Waals surface area (Å²) in [5, 5.41) is 35.0. The van der Waals surface area contributed by atoms with Gasteiger partial charge in [-0.1, -0.05) is 58.5 Å². The lowest BCUT2D eigenvalue weighted by Gasteiger charge is -2.28. The van der Waals surface area contributed by atoms with E-state index in [9.17, 15) is 10.2 Å². The Labute approximate surface area is 372 Å². The molecule has 2 unspecified atom stereocenters. The molecule has 0 spiro atoms. The number of aliphatic hydroxyl groups is 2. The molecule has 62 heavy (non-hydrogen) atoms. The fourth-order valence-electron chi connectivity index (χ4n) is 6.60. The summed E-state index contributed by atoms with van der Waals surface area (Å²) in [5.41, 5.74) is -3.19. The highest BCUT2D eigenvalue weighted by Gasteiger charge is 2.39. The van der Waals surface area contributed by atoms with E-state index >= 15 is 8.78 Å². The number of aromatic nitrogens is 8. The molecule has 0 aliphatic heterocycles. The number of halogens is 6. The van der Waals surface area contributed by atoms with Crippen molar-refractivity contribution in [2.45, 2.75) is 30.6 Å². The molecule has 4 aromatic heterocycles. The Balaban J connectivity index is 1.19. The maximum Gasteiger partial charge on any atom is 0.277 e. The second kappa shape index (κ2) is 18.1. The van der Waals surface area contributed by atoms with Crippen molar-refractivity contribution < 1.29 is 33.1 Å². The number of tetrazole rings is 1. The lowest BCUT2D eigenvalue weighted by molar-refractivity contribution is -0.767. The first-order chi connectivity index (χ1) is 29.8. The molecule has 4 aromatic carbocycles. The molecule has 0 saturated carbocycles. The van der Waals surface area contributed by atoms with Gasteiger partial charge in [-0.2, -0.15) is 0 Å². The lowest BCUT2D eigenvalue weighted by atomic mass is 9.85. The van der Waals surface area contributed by atoms with Crippen LogP contribution in [-0.4, -0.2) is 45.3 Å². The van der Waals surface area contributed by atoms with E-state index in [-0.39, 0.29) is 69.1 Å². The number of nitrogens with zero attached hydrogens (tertiary/aromatic N) is 8. The minimum absolute atomic E-state index is 0.0321. The summed E-state index contributed by atoms with van der Waals surface area (Å²) in [6.45, 7) is -0.298. The molecule has 312 valence electrons. The molecule has 4 heterocycles. The van der Waals surface area contributed by atoms with Crippen LogP contribution in [0.4, 0.5) is 8.78 Å². The van der Waals surface area contributed by atoms with Crippen molar-refractivity contribution in [1.82, 2.24) is 35.0 Å². The van der Waals surface area contributed by atoms with Crippen LogP contribution in [0, 0.1) is 11.6 Å². The first kappa shape index (κ1) is 42.6. The van der Waals surface area contributed by atoms with Gasteiger partial charge in [0.15, 0.2) is 11.0 Å². The van der Waals surface area contributed by atoms with Crippen LogP contribution in [0.2, 0.25) is 20.1 Å². The van der Waals surface area contributed by atoms with E-state index in [2.05, 4.69) is 25.4 Å². The van der Waals surface area contributed by atoms with Crippen LogP contribution in [0.15, 0.2) is 140 Å². The monoisotopic (exact) mass is 913 g/mol. The maximum atomic E-state index is 15.3. The van der Waals surface area contributed by atoms with Crippen molar-refractivity contribution in [3.8, 4) is 28.8 Å². The zero-order valence-corrected chi connectivity index (χ0v) is 35.0. The van der Waals surface area contributed by atoms with E-state index in [0.29, 0.717) is 27.3 Å². The summed E-state index contributed by atoms with van der Waals surface area (Å²) >= 11 is 24.3. The van der Waals surface area contributed by atoms with Gasteiger partial charge in [0.2, 0.25) is 0 Å². The molecular weight excluding hydrogens is 884 g/mol. The van der Waals surface area contributed by atoms with Gasteiger partial charge in [-0.3, -0.25) is 4.98 Å². The molecule has 8 rings (SSSR count).